The highest BCUT2D eigenvalue weighted by atomic mass is 16.2. The maximum atomic E-state index is 12.5. The van der Waals surface area contributed by atoms with Gasteiger partial charge in [0.05, 0.1) is 17.6 Å². The molecule has 4 rings (SSSR count). The summed E-state index contributed by atoms with van der Waals surface area (Å²) in [5, 5.41) is 0. The molecule has 1 aliphatic rings. The minimum absolute atomic E-state index is 0.0377. The Kier molecular flexibility index (Phi) is 2.70. The summed E-state index contributed by atoms with van der Waals surface area (Å²) >= 11 is 0. The molecule has 2 aromatic heterocycles. The zero-order valence-electron chi connectivity index (χ0n) is 11.4. The van der Waals surface area contributed by atoms with Gasteiger partial charge in [-0.2, -0.15) is 0 Å². The summed E-state index contributed by atoms with van der Waals surface area (Å²) in [6.45, 7) is 2.04. The van der Waals surface area contributed by atoms with E-state index in [4.69, 9.17) is 0 Å². The smallest absolute Gasteiger partial charge is 0.254 e. The number of nitrogens with zero attached hydrogens (tertiary/aromatic N) is 4. The van der Waals surface area contributed by atoms with Gasteiger partial charge >= 0.3 is 0 Å². The Hall–Kier alpha value is -2.69. The van der Waals surface area contributed by atoms with Crippen LogP contribution < -0.4 is 0 Å². The number of benzene rings is 1. The third kappa shape index (κ3) is 1.98. The van der Waals surface area contributed by atoms with Gasteiger partial charge in [0.15, 0.2) is 0 Å². The van der Waals surface area contributed by atoms with E-state index in [9.17, 15) is 4.79 Å². The average molecular weight is 278 g/mol. The van der Waals surface area contributed by atoms with E-state index in [1.807, 2.05) is 23.1 Å². The molecule has 0 atom stereocenters. The monoisotopic (exact) mass is 278 g/mol. The summed E-state index contributed by atoms with van der Waals surface area (Å²) in [4.78, 5) is 22.9. The molecule has 21 heavy (non-hydrogen) atoms. The van der Waals surface area contributed by atoms with Gasteiger partial charge in [0.1, 0.15) is 5.82 Å². The SMILES string of the molecule is O=C(c1ccncc1)N1CCn2c(nc3ccccc32)C1. The largest absolute Gasteiger partial charge is 0.329 e. The van der Waals surface area contributed by atoms with Gasteiger partial charge in [-0.3, -0.25) is 9.78 Å². The lowest BCUT2D eigenvalue weighted by Crippen LogP contribution is -2.38. The molecule has 0 N–H and O–H groups in total. The van der Waals surface area contributed by atoms with Crippen molar-refractivity contribution in [2.45, 2.75) is 13.1 Å². The minimum Gasteiger partial charge on any atom is -0.329 e. The van der Waals surface area contributed by atoms with Crippen LogP contribution in [-0.2, 0) is 13.1 Å². The summed E-state index contributed by atoms with van der Waals surface area (Å²) in [7, 11) is 0. The molecule has 3 aromatic rings. The fourth-order valence-corrected chi connectivity index (χ4v) is 2.82. The molecule has 0 saturated heterocycles. The number of fused-ring (bicyclic) bond motifs is 3. The number of amides is 1. The zero-order chi connectivity index (χ0) is 14.2. The van der Waals surface area contributed by atoms with Gasteiger partial charge in [0.2, 0.25) is 0 Å². The topological polar surface area (TPSA) is 51.0 Å². The molecular weight excluding hydrogens is 264 g/mol. The third-order valence-corrected chi connectivity index (χ3v) is 3.87. The Bertz CT molecular complexity index is 810. The lowest BCUT2D eigenvalue weighted by Gasteiger charge is -2.28. The van der Waals surface area contributed by atoms with Crippen LogP contribution in [0.2, 0.25) is 0 Å². The highest BCUT2D eigenvalue weighted by Crippen LogP contribution is 2.21. The first kappa shape index (κ1) is 12.1. The van der Waals surface area contributed by atoms with Crippen LogP contribution in [0, 0.1) is 0 Å². The van der Waals surface area contributed by atoms with Crippen molar-refractivity contribution in [1.29, 1.82) is 0 Å². The summed E-state index contributed by atoms with van der Waals surface area (Å²) in [6.07, 6.45) is 3.29. The van der Waals surface area contributed by atoms with Crippen molar-refractivity contribution in [2.24, 2.45) is 0 Å². The number of aromatic nitrogens is 3. The van der Waals surface area contributed by atoms with Crippen LogP contribution in [0.1, 0.15) is 16.2 Å². The van der Waals surface area contributed by atoms with E-state index in [2.05, 4.69) is 20.6 Å². The van der Waals surface area contributed by atoms with Gasteiger partial charge in [-0.25, -0.2) is 4.98 Å². The molecule has 3 heterocycles. The Labute approximate surface area is 121 Å². The zero-order valence-corrected chi connectivity index (χ0v) is 11.4. The summed E-state index contributed by atoms with van der Waals surface area (Å²) < 4.78 is 2.20. The van der Waals surface area contributed by atoms with Crippen molar-refractivity contribution in [3.63, 3.8) is 0 Å². The first-order chi connectivity index (χ1) is 10.3. The molecule has 0 unspecified atom stereocenters. The lowest BCUT2D eigenvalue weighted by molar-refractivity contribution is 0.0709. The number of hydrogen-bond donors (Lipinski definition) is 0. The number of imidazole rings is 1. The predicted octanol–water partition coefficient (Wildman–Crippen LogP) is 2.09. The number of carbonyl (C=O) groups excluding carboxylic acids is 1. The van der Waals surface area contributed by atoms with Crippen LogP contribution in [0.25, 0.3) is 11.0 Å². The normalized spacial score (nSPS) is 14.2. The molecule has 1 amide bonds. The van der Waals surface area contributed by atoms with E-state index in [-0.39, 0.29) is 5.91 Å². The lowest BCUT2D eigenvalue weighted by atomic mass is 10.2. The summed E-state index contributed by atoms with van der Waals surface area (Å²) in [6, 6.07) is 11.6. The van der Waals surface area contributed by atoms with Crippen molar-refractivity contribution < 1.29 is 4.79 Å². The Morgan fingerprint density at radius 3 is 2.71 bits per heavy atom. The number of rotatable bonds is 1. The van der Waals surface area contributed by atoms with Gasteiger partial charge in [0, 0.05) is 31.0 Å². The van der Waals surface area contributed by atoms with Crippen LogP contribution in [0.15, 0.2) is 48.8 Å². The fraction of sp³-hybridized carbons (Fsp3) is 0.188. The highest BCUT2D eigenvalue weighted by Gasteiger charge is 2.24. The Morgan fingerprint density at radius 2 is 1.86 bits per heavy atom. The van der Waals surface area contributed by atoms with Crippen LogP contribution in [0.4, 0.5) is 0 Å². The number of hydrogen-bond acceptors (Lipinski definition) is 3. The molecule has 0 bridgehead atoms. The van der Waals surface area contributed by atoms with E-state index in [0.29, 0.717) is 18.7 Å². The number of para-hydroxylation sites is 2. The standard InChI is InChI=1S/C16H14N4O/c21-16(12-5-7-17-8-6-12)19-9-10-20-14-4-2-1-3-13(14)18-15(20)11-19/h1-8H,9-11H2. The van der Waals surface area contributed by atoms with Gasteiger partial charge in [0.25, 0.3) is 5.91 Å². The summed E-state index contributed by atoms with van der Waals surface area (Å²) in [5.41, 5.74) is 2.81. The van der Waals surface area contributed by atoms with Crippen LogP contribution in [0.5, 0.6) is 0 Å². The van der Waals surface area contributed by atoms with Crippen molar-refractivity contribution >= 4 is 16.9 Å². The molecule has 104 valence electrons. The summed E-state index contributed by atoms with van der Waals surface area (Å²) in [5.74, 6) is 0.987. The quantitative estimate of drug-likeness (QED) is 0.685. The predicted molar refractivity (Wildman–Crippen MR) is 78.7 cm³/mol. The molecule has 0 fully saturated rings. The van der Waals surface area contributed by atoms with Crippen molar-refractivity contribution in [3.05, 3.63) is 60.2 Å². The molecule has 0 aliphatic carbocycles. The highest BCUT2D eigenvalue weighted by molar-refractivity contribution is 5.94. The van der Waals surface area contributed by atoms with E-state index in [1.54, 1.807) is 24.5 Å². The third-order valence-electron chi connectivity index (χ3n) is 3.87. The van der Waals surface area contributed by atoms with Crippen molar-refractivity contribution in [2.75, 3.05) is 6.54 Å². The molecule has 0 radical (unpaired) electrons. The average Bonchev–Trinajstić information content (AvgIpc) is 2.92. The molecule has 0 spiro atoms. The van der Waals surface area contributed by atoms with Gasteiger partial charge in [-0.15, -0.1) is 0 Å². The second-order valence-electron chi connectivity index (χ2n) is 5.13. The van der Waals surface area contributed by atoms with Crippen LogP contribution in [-0.4, -0.2) is 31.9 Å². The van der Waals surface area contributed by atoms with Gasteiger partial charge in [-0.1, -0.05) is 12.1 Å². The fourth-order valence-electron chi connectivity index (χ4n) is 2.82. The first-order valence-corrected chi connectivity index (χ1v) is 6.96. The molecule has 1 aliphatic heterocycles. The van der Waals surface area contributed by atoms with Crippen LogP contribution >= 0.6 is 0 Å². The van der Waals surface area contributed by atoms with Crippen molar-refractivity contribution in [1.82, 2.24) is 19.4 Å². The molecular formula is C16H14N4O. The van der Waals surface area contributed by atoms with E-state index < -0.39 is 0 Å². The minimum atomic E-state index is 0.0377. The number of carbonyl (C=O) groups is 1. The van der Waals surface area contributed by atoms with E-state index >= 15 is 0 Å². The maximum absolute atomic E-state index is 12.5. The van der Waals surface area contributed by atoms with Crippen LogP contribution in [0.3, 0.4) is 0 Å². The van der Waals surface area contributed by atoms with E-state index in [0.717, 1.165) is 23.4 Å². The maximum Gasteiger partial charge on any atom is 0.254 e. The van der Waals surface area contributed by atoms with E-state index in [1.165, 1.54) is 0 Å². The molecule has 5 nitrogen and oxygen atoms in total. The molecule has 5 heteroatoms. The first-order valence-electron chi connectivity index (χ1n) is 6.96. The Morgan fingerprint density at radius 1 is 1.05 bits per heavy atom. The van der Waals surface area contributed by atoms with Crippen molar-refractivity contribution in [3.8, 4) is 0 Å². The van der Waals surface area contributed by atoms with Gasteiger partial charge in [-0.05, 0) is 24.3 Å². The second kappa shape index (κ2) is 4.70. The Balaban J connectivity index is 1.66. The van der Waals surface area contributed by atoms with Gasteiger partial charge < -0.3 is 9.47 Å². The molecule has 1 aromatic carbocycles. The second-order valence-corrected chi connectivity index (χ2v) is 5.13. The number of pyridine rings is 1. The molecule has 0 saturated carbocycles.